The van der Waals surface area contributed by atoms with E-state index < -0.39 is 18.2 Å². The van der Waals surface area contributed by atoms with E-state index in [9.17, 15) is 19.2 Å². The van der Waals surface area contributed by atoms with Gasteiger partial charge in [-0.15, -0.1) is 0 Å². The Morgan fingerprint density at radius 2 is 1.72 bits per heavy atom. The van der Waals surface area contributed by atoms with Crippen LogP contribution >= 0.6 is 0 Å². The molecule has 0 aliphatic heterocycles. The van der Waals surface area contributed by atoms with Gasteiger partial charge in [0.25, 0.3) is 0 Å². The van der Waals surface area contributed by atoms with Gasteiger partial charge >= 0.3 is 12.1 Å². The first-order chi connectivity index (χ1) is 13.7. The molecule has 5 amide bonds. The van der Waals surface area contributed by atoms with E-state index in [1.807, 2.05) is 13.8 Å². The Morgan fingerprint density at radius 3 is 2.28 bits per heavy atom. The van der Waals surface area contributed by atoms with Crippen LogP contribution in [0.25, 0.3) is 0 Å². The normalized spacial score (nSPS) is 11.4. The van der Waals surface area contributed by atoms with Crippen LogP contribution in [0.15, 0.2) is 24.3 Å². The molecule has 1 unspecified atom stereocenters. The lowest BCUT2D eigenvalue weighted by Crippen LogP contribution is -2.44. The van der Waals surface area contributed by atoms with Crippen LogP contribution in [0.4, 0.5) is 15.3 Å². The smallest absolute Gasteiger partial charge is 0.404 e. The first-order valence-corrected chi connectivity index (χ1v) is 9.32. The van der Waals surface area contributed by atoms with Crippen LogP contribution in [0.5, 0.6) is 0 Å². The molecule has 10 heteroatoms. The molecule has 0 bridgehead atoms. The van der Waals surface area contributed by atoms with Crippen molar-refractivity contribution in [2.75, 3.05) is 11.9 Å². The maximum atomic E-state index is 12.6. The number of urea groups is 1. The van der Waals surface area contributed by atoms with E-state index in [2.05, 4.69) is 16.0 Å². The fourth-order valence-electron chi connectivity index (χ4n) is 2.48. The van der Waals surface area contributed by atoms with Crippen LogP contribution < -0.4 is 27.4 Å². The number of primary amides is 2. The summed E-state index contributed by atoms with van der Waals surface area (Å²) in [6.45, 7) is 4.15. The molecule has 1 rings (SSSR count). The molecule has 0 saturated carbocycles. The second kappa shape index (κ2) is 12.2. The predicted molar refractivity (Wildman–Crippen MR) is 108 cm³/mol. The molecule has 0 saturated heterocycles. The molecular weight excluding hydrogens is 378 g/mol. The Labute approximate surface area is 169 Å². The van der Waals surface area contributed by atoms with Crippen LogP contribution in [0, 0.1) is 5.92 Å². The molecular formula is C19H29N5O5. The summed E-state index contributed by atoms with van der Waals surface area (Å²) in [4.78, 5) is 46.1. The van der Waals surface area contributed by atoms with Gasteiger partial charge < -0.3 is 32.2 Å². The van der Waals surface area contributed by atoms with Crippen molar-refractivity contribution in [3.63, 3.8) is 0 Å². The van der Waals surface area contributed by atoms with E-state index in [0.29, 0.717) is 37.1 Å². The summed E-state index contributed by atoms with van der Waals surface area (Å²) in [5.41, 5.74) is 11.2. The third-order valence-electron chi connectivity index (χ3n) is 3.82. The Hall–Kier alpha value is -3.30. The summed E-state index contributed by atoms with van der Waals surface area (Å²) >= 11 is 0. The number of ether oxygens (including phenoxy) is 1. The Morgan fingerprint density at radius 1 is 1.07 bits per heavy atom. The highest BCUT2D eigenvalue weighted by Gasteiger charge is 2.21. The average Bonchev–Trinajstić information content (AvgIpc) is 2.62. The maximum Gasteiger partial charge on any atom is 0.404 e. The molecule has 0 aliphatic rings. The van der Waals surface area contributed by atoms with Crippen LogP contribution in [-0.2, 0) is 20.9 Å². The topological polar surface area (TPSA) is 166 Å². The number of nitrogens with one attached hydrogen (secondary N) is 3. The second-order valence-corrected chi connectivity index (χ2v) is 6.95. The summed E-state index contributed by atoms with van der Waals surface area (Å²) in [6.07, 6.45) is 0.235. The minimum absolute atomic E-state index is 0.0321. The SMILES string of the molecule is CC(C)CC(=O)NC(CCCNC(N)=O)C(=O)Nc1ccc(COC(N)=O)cc1. The van der Waals surface area contributed by atoms with Crippen molar-refractivity contribution in [1.29, 1.82) is 0 Å². The van der Waals surface area contributed by atoms with Gasteiger partial charge in [-0.1, -0.05) is 26.0 Å². The van der Waals surface area contributed by atoms with E-state index >= 15 is 0 Å². The molecule has 0 aliphatic carbocycles. The molecule has 1 aromatic rings. The van der Waals surface area contributed by atoms with Crippen LogP contribution in [0.3, 0.4) is 0 Å². The Bertz CT molecular complexity index is 705. The van der Waals surface area contributed by atoms with Gasteiger partial charge in [0.15, 0.2) is 0 Å². The fourth-order valence-corrected chi connectivity index (χ4v) is 2.48. The lowest BCUT2D eigenvalue weighted by molar-refractivity contribution is -0.127. The van der Waals surface area contributed by atoms with Crippen molar-refractivity contribution in [3.8, 4) is 0 Å². The van der Waals surface area contributed by atoms with Gasteiger partial charge in [-0.3, -0.25) is 9.59 Å². The molecule has 1 atom stereocenters. The number of carbonyl (C=O) groups excluding carboxylic acids is 4. The van der Waals surface area contributed by atoms with E-state index in [-0.39, 0.29) is 24.3 Å². The van der Waals surface area contributed by atoms with Crippen molar-refractivity contribution >= 4 is 29.6 Å². The van der Waals surface area contributed by atoms with Gasteiger partial charge in [-0.05, 0) is 36.5 Å². The Kier molecular flexibility index (Phi) is 10.00. The van der Waals surface area contributed by atoms with Crippen molar-refractivity contribution in [2.45, 2.75) is 45.8 Å². The van der Waals surface area contributed by atoms with E-state index in [4.69, 9.17) is 16.2 Å². The number of anilines is 1. The van der Waals surface area contributed by atoms with Gasteiger partial charge in [0.1, 0.15) is 12.6 Å². The lowest BCUT2D eigenvalue weighted by atomic mass is 10.1. The van der Waals surface area contributed by atoms with Gasteiger partial charge in [-0.25, -0.2) is 9.59 Å². The van der Waals surface area contributed by atoms with E-state index in [1.54, 1.807) is 24.3 Å². The van der Waals surface area contributed by atoms with Gasteiger partial charge in [0, 0.05) is 18.7 Å². The number of hydrogen-bond donors (Lipinski definition) is 5. The molecule has 0 radical (unpaired) electrons. The number of benzene rings is 1. The lowest BCUT2D eigenvalue weighted by Gasteiger charge is -2.19. The van der Waals surface area contributed by atoms with E-state index in [0.717, 1.165) is 0 Å². The quantitative estimate of drug-likeness (QED) is 0.347. The summed E-state index contributed by atoms with van der Waals surface area (Å²) in [5, 5.41) is 7.93. The summed E-state index contributed by atoms with van der Waals surface area (Å²) in [7, 11) is 0. The highest BCUT2D eigenvalue weighted by atomic mass is 16.5. The molecule has 10 nitrogen and oxygen atoms in total. The molecule has 160 valence electrons. The number of nitrogens with two attached hydrogens (primary N) is 2. The van der Waals surface area contributed by atoms with Crippen molar-refractivity contribution in [2.24, 2.45) is 17.4 Å². The minimum atomic E-state index is -0.867. The molecule has 0 aromatic heterocycles. The third-order valence-corrected chi connectivity index (χ3v) is 3.82. The standard InChI is InChI=1S/C19H29N5O5/c1-12(2)10-16(25)24-15(4-3-9-22-18(20)27)17(26)23-14-7-5-13(6-8-14)11-29-19(21)28/h5-8,12,15H,3-4,9-11H2,1-2H3,(H2,21,28)(H,23,26)(H,24,25)(H3,20,22,27). The van der Waals surface area contributed by atoms with Crippen molar-refractivity contribution in [3.05, 3.63) is 29.8 Å². The molecule has 29 heavy (non-hydrogen) atoms. The average molecular weight is 407 g/mol. The highest BCUT2D eigenvalue weighted by molar-refractivity contribution is 5.97. The molecule has 0 heterocycles. The Balaban J connectivity index is 2.69. The number of hydrogen-bond acceptors (Lipinski definition) is 5. The van der Waals surface area contributed by atoms with Gasteiger partial charge in [0.2, 0.25) is 11.8 Å². The summed E-state index contributed by atoms with van der Waals surface area (Å²) in [5.74, 6) is -0.435. The molecule has 7 N–H and O–H groups in total. The monoisotopic (exact) mass is 407 g/mol. The molecule has 0 spiro atoms. The van der Waals surface area contributed by atoms with Gasteiger partial charge in [-0.2, -0.15) is 0 Å². The predicted octanol–water partition coefficient (Wildman–Crippen LogP) is 1.20. The summed E-state index contributed by atoms with van der Waals surface area (Å²) < 4.78 is 4.70. The van der Waals surface area contributed by atoms with Crippen LogP contribution in [-0.4, -0.2) is 36.5 Å². The zero-order chi connectivity index (χ0) is 21.8. The largest absolute Gasteiger partial charge is 0.445 e. The van der Waals surface area contributed by atoms with E-state index in [1.165, 1.54) is 0 Å². The zero-order valence-electron chi connectivity index (χ0n) is 16.7. The molecule has 1 aromatic carbocycles. The first kappa shape index (κ1) is 23.7. The van der Waals surface area contributed by atoms with Gasteiger partial charge in [0.05, 0.1) is 0 Å². The number of amides is 5. The summed E-state index contributed by atoms with van der Waals surface area (Å²) in [6, 6.07) is 5.27. The third kappa shape index (κ3) is 10.6. The fraction of sp³-hybridized carbons (Fsp3) is 0.474. The van der Waals surface area contributed by atoms with Crippen LogP contribution in [0.2, 0.25) is 0 Å². The minimum Gasteiger partial charge on any atom is -0.445 e. The second-order valence-electron chi connectivity index (χ2n) is 6.95. The van der Waals surface area contributed by atoms with Crippen LogP contribution in [0.1, 0.15) is 38.7 Å². The maximum absolute atomic E-state index is 12.6. The number of carbonyl (C=O) groups is 4. The zero-order valence-corrected chi connectivity index (χ0v) is 16.7. The van der Waals surface area contributed by atoms with Crippen molar-refractivity contribution in [1.82, 2.24) is 10.6 Å². The molecule has 0 fully saturated rings. The highest BCUT2D eigenvalue weighted by Crippen LogP contribution is 2.12. The number of rotatable bonds is 11. The van der Waals surface area contributed by atoms with Crippen molar-refractivity contribution < 1.29 is 23.9 Å². The first-order valence-electron chi connectivity index (χ1n) is 9.32.